The van der Waals surface area contributed by atoms with E-state index in [2.05, 4.69) is 30.9 Å². The fraction of sp³-hybridized carbons (Fsp3) is 0.842. The number of rotatable bonds is 6. The Bertz CT molecular complexity index is 722. The number of hydrogen-bond donors (Lipinski definition) is 0. The van der Waals surface area contributed by atoms with Crippen molar-refractivity contribution in [1.82, 2.24) is 19.0 Å². The fourth-order valence-corrected chi connectivity index (χ4v) is 6.82. The van der Waals surface area contributed by atoms with Gasteiger partial charge in [-0.15, -0.1) is 0 Å². The van der Waals surface area contributed by atoms with Crippen molar-refractivity contribution in [3.05, 3.63) is 11.9 Å². The molecule has 1 saturated carbocycles. The standard InChI is InChI=1S/C19H34N4O2S/c1-5-12-22-15-18(16(3)20-22)26(24,25)23-14-17(21(4)6-2)13-19(23)10-8-7-9-11-19/h15,17H,5-14H2,1-4H3/t17-/m0/s1. The molecule has 0 aromatic carbocycles. The predicted octanol–water partition coefficient (Wildman–Crippen LogP) is 3.02. The molecule has 26 heavy (non-hydrogen) atoms. The van der Waals surface area contributed by atoms with Crippen LogP contribution in [0, 0.1) is 6.92 Å². The van der Waals surface area contributed by atoms with Crippen LogP contribution in [0.2, 0.25) is 0 Å². The van der Waals surface area contributed by atoms with Crippen molar-refractivity contribution in [1.29, 1.82) is 0 Å². The van der Waals surface area contributed by atoms with E-state index in [1.165, 1.54) is 6.42 Å². The number of aryl methyl sites for hydroxylation is 2. The van der Waals surface area contributed by atoms with Crippen LogP contribution in [0.4, 0.5) is 0 Å². The average molecular weight is 383 g/mol. The van der Waals surface area contributed by atoms with Crippen molar-refractivity contribution < 1.29 is 8.42 Å². The second-order valence-corrected chi connectivity index (χ2v) is 9.92. The maximum Gasteiger partial charge on any atom is 0.247 e. The molecule has 1 spiro atoms. The zero-order valence-electron chi connectivity index (χ0n) is 16.7. The van der Waals surface area contributed by atoms with Gasteiger partial charge in [0.25, 0.3) is 0 Å². The van der Waals surface area contributed by atoms with E-state index in [0.717, 1.165) is 51.6 Å². The van der Waals surface area contributed by atoms with Gasteiger partial charge in [0.05, 0.1) is 5.69 Å². The Morgan fingerprint density at radius 2 is 1.96 bits per heavy atom. The van der Waals surface area contributed by atoms with Crippen molar-refractivity contribution in [3.63, 3.8) is 0 Å². The molecule has 2 fully saturated rings. The van der Waals surface area contributed by atoms with Gasteiger partial charge in [0.2, 0.25) is 10.0 Å². The number of nitrogens with zero attached hydrogens (tertiary/aromatic N) is 4. The lowest BCUT2D eigenvalue weighted by molar-refractivity contribution is 0.168. The molecule has 2 aliphatic rings. The summed E-state index contributed by atoms with van der Waals surface area (Å²) in [7, 11) is -1.41. The summed E-state index contributed by atoms with van der Waals surface area (Å²) >= 11 is 0. The molecule has 0 radical (unpaired) electrons. The quantitative estimate of drug-likeness (QED) is 0.759. The van der Waals surface area contributed by atoms with Crippen LogP contribution in [0.1, 0.15) is 64.5 Å². The van der Waals surface area contributed by atoms with Crippen LogP contribution >= 0.6 is 0 Å². The zero-order valence-corrected chi connectivity index (χ0v) is 17.6. The summed E-state index contributed by atoms with van der Waals surface area (Å²) in [6, 6.07) is 0.305. The molecule has 1 aromatic heterocycles. The number of hydrogen-bond acceptors (Lipinski definition) is 4. The zero-order chi connectivity index (χ0) is 18.9. The molecule has 1 atom stereocenters. The lowest BCUT2D eigenvalue weighted by Crippen LogP contribution is -2.48. The summed E-state index contributed by atoms with van der Waals surface area (Å²) in [5.41, 5.74) is 0.418. The smallest absolute Gasteiger partial charge is 0.247 e. The van der Waals surface area contributed by atoms with Crippen LogP contribution in [-0.4, -0.2) is 59.1 Å². The lowest BCUT2D eigenvalue weighted by atomic mass is 9.80. The minimum atomic E-state index is -3.53. The van der Waals surface area contributed by atoms with E-state index in [1.54, 1.807) is 10.9 Å². The first kappa shape index (κ1) is 19.8. The summed E-state index contributed by atoms with van der Waals surface area (Å²) in [6.07, 6.45) is 9.09. The van der Waals surface area contributed by atoms with Gasteiger partial charge < -0.3 is 4.90 Å². The van der Waals surface area contributed by atoms with Gasteiger partial charge in [-0.05, 0) is 46.2 Å². The van der Waals surface area contributed by atoms with E-state index >= 15 is 0 Å². The Labute approximate surface area is 158 Å². The van der Waals surface area contributed by atoms with Gasteiger partial charge in [-0.3, -0.25) is 4.68 Å². The largest absolute Gasteiger partial charge is 0.302 e. The van der Waals surface area contributed by atoms with E-state index in [1.807, 2.05) is 11.2 Å². The van der Waals surface area contributed by atoms with Crippen LogP contribution in [0.3, 0.4) is 0 Å². The number of likely N-dealkylation sites (N-methyl/N-ethyl adjacent to an activating group) is 1. The third kappa shape index (κ3) is 3.45. The lowest BCUT2D eigenvalue weighted by Gasteiger charge is -2.40. The molecule has 2 heterocycles. The Hall–Kier alpha value is -0.920. The highest BCUT2D eigenvalue weighted by Crippen LogP contribution is 2.45. The first-order valence-corrected chi connectivity index (χ1v) is 11.5. The summed E-state index contributed by atoms with van der Waals surface area (Å²) < 4.78 is 31.0. The summed E-state index contributed by atoms with van der Waals surface area (Å²) in [4.78, 5) is 2.70. The fourth-order valence-electron chi connectivity index (χ4n) is 4.78. The first-order chi connectivity index (χ1) is 12.3. The van der Waals surface area contributed by atoms with Gasteiger partial charge in [-0.1, -0.05) is 33.1 Å². The minimum Gasteiger partial charge on any atom is -0.302 e. The Morgan fingerprint density at radius 3 is 2.58 bits per heavy atom. The minimum absolute atomic E-state index is 0.204. The van der Waals surface area contributed by atoms with Crippen LogP contribution in [0.15, 0.2) is 11.1 Å². The van der Waals surface area contributed by atoms with E-state index in [9.17, 15) is 8.42 Å². The molecule has 0 amide bonds. The maximum absolute atomic E-state index is 13.7. The molecule has 0 N–H and O–H groups in total. The molecule has 3 rings (SSSR count). The van der Waals surface area contributed by atoms with Crippen molar-refractivity contribution >= 4 is 10.0 Å². The molecule has 6 nitrogen and oxygen atoms in total. The van der Waals surface area contributed by atoms with E-state index in [0.29, 0.717) is 23.2 Å². The van der Waals surface area contributed by atoms with Crippen LogP contribution in [-0.2, 0) is 16.6 Å². The van der Waals surface area contributed by atoms with Crippen molar-refractivity contribution in [2.24, 2.45) is 0 Å². The van der Waals surface area contributed by atoms with Crippen molar-refractivity contribution in [2.45, 2.75) is 88.7 Å². The highest BCUT2D eigenvalue weighted by molar-refractivity contribution is 7.89. The van der Waals surface area contributed by atoms with Crippen LogP contribution in [0.25, 0.3) is 0 Å². The average Bonchev–Trinajstić information content (AvgIpc) is 3.17. The van der Waals surface area contributed by atoms with Gasteiger partial charge in [0.1, 0.15) is 4.90 Å². The highest BCUT2D eigenvalue weighted by atomic mass is 32.2. The van der Waals surface area contributed by atoms with Gasteiger partial charge in [0, 0.05) is 30.9 Å². The molecule has 1 aliphatic heterocycles. The molecule has 1 aromatic rings. The number of sulfonamides is 1. The normalized spacial score (nSPS) is 24.0. The van der Waals surface area contributed by atoms with E-state index < -0.39 is 10.0 Å². The number of aromatic nitrogens is 2. The molecular weight excluding hydrogens is 348 g/mol. The third-order valence-electron chi connectivity index (χ3n) is 6.35. The molecule has 7 heteroatoms. The molecular formula is C19H34N4O2S. The third-order valence-corrected chi connectivity index (χ3v) is 8.42. The summed E-state index contributed by atoms with van der Waals surface area (Å²) in [5.74, 6) is 0. The van der Waals surface area contributed by atoms with Gasteiger partial charge in [-0.25, -0.2) is 8.42 Å². The second kappa shape index (κ2) is 7.60. The summed E-state index contributed by atoms with van der Waals surface area (Å²) in [6.45, 7) is 8.34. The highest BCUT2D eigenvalue weighted by Gasteiger charge is 2.52. The Balaban J connectivity index is 1.98. The SMILES string of the molecule is CCCn1cc(S(=O)(=O)N2C[C@@H](N(C)CC)CC23CCCCC3)c(C)n1. The Kier molecular flexibility index (Phi) is 5.80. The van der Waals surface area contributed by atoms with E-state index in [-0.39, 0.29) is 5.54 Å². The maximum atomic E-state index is 13.7. The van der Waals surface area contributed by atoms with Crippen molar-refractivity contribution in [3.8, 4) is 0 Å². The van der Waals surface area contributed by atoms with Crippen LogP contribution < -0.4 is 0 Å². The molecule has 148 valence electrons. The van der Waals surface area contributed by atoms with Crippen LogP contribution in [0.5, 0.6) is 0 Å². The van der Waals surface area contributed by atoms with Gasteiger partial charge in [-0.2, -0.15) is 9.40 Å². The molecule has 1 aliphatic carbocycles. The first-order valence-electron chi connectivity index (χ1n) is 10.1. The van der Waals surface area contributed by atoms with Crippen molar-refractivity contribution in [2.75, 3.05) is 20.1 Å². The second-order valence-electron chi connectivity index (χ2n) is 8.09. The topological polar surface area (TPSA) is 58.4 Å². The van der Waals surface area contributed by atoms with Gasteiger partial charge >= 0.3 is 0 Å². The van der Waals surface area contributed by atoms with Gasteiger partial charge in [0.15, 0.2) is 0 Å². The molecule has 1 saturated heterocycles. The summed E-state index contributed by atoms with van der Waals surface area (Å²) in [5, 5.41) is 4.44. The Morgan fingerprint density at radius 1 is 1.27 bits per heavy atom. The monoisotopic (exact) mass is 382 g/mol. The molecule has 0 unspecified atom stereocenters. The predicted molar refractivity (Wildman–Crippen MR) is 104 cm³/mol. The molecule has 0 bridgehead atoms. The van der Waals surface area contributed by atoms with E-state index in [4.69, 9.17) is 0 Å².